The van der Waals surface area contributed by atoms with Crippen LogP contribution in [0, 0.1) is 0 Å². The second kappa shape index (κ2) is 48.7. The van der Waals surface area contributed by atoms with Crippen LogP contribution in [0.5, 0.6) is 0 Å². The molecule has 0 aliphatic carbocycles. The number of hydrogen-bond acceptors (Lipinski definition) is 8. The van der Waals surface area contributed by atoms with Gasteiger partial charge in [-0.05, 0) is 70.6 Å². The topological polar surface area (TPSA) is 111 Å². The SMILES string of the molecule is CCCC/C=C\C/C=C\CCCCCCCC(=O)OCC(COC(OCC[N+](C)(C)C)C(=O)[O-])OC(=O)CCCCCCCCCCCCCCCCC/C=C\C/C=C\CCCCCCC. The zero-order valence-corrected chi connectivity index (χ0v) is 43.6. The largest absolute Gasteiger partial charge is 0.545 e. The predicted octanol–water partition coefficient (Wildman–Crippen LogP) is 14.2. The van der Waals surface area contributed by atoms with E-state index in [4.69, 9.17) is 18.9 Å². The maximum Gasteiger partial charge on any atom is 0.306 e. The molecule has 0 aliphatic heterocycles. The summed E-state index contributed by atoms with van der Waals surface area (Å²) in [5.74, 6) is -2.30. The first kappa shape index (κ1) is 63.2. The Balaban J connectivity index is 4.21. The molecule has 0 aromatic heterocycles. The highest BCUT2D eigenvalue weighted by molar-refractivity contribution is 5.70. The Morgan fingerprint density at radius 3 is 1.24 bits per heavy atom. The predicted molar refractivity (Wildman–Crippen MR) is 274 cm³/mol. The number of rotatable bonds is 50. The van der Waals surface area contributed by atoms with E-state index in [1.165, 1.54) is 135 Å². The summed E-state index contributed by atoms with van der Waals surface area (Å²) >= 11 is 0. The summed E-state index contributed by atoms with van der Waals surface area (Å²) < 4.78 is 22.6. The van der Waals surface area contributed by atoms with Crippen molar-refractivity contribution in [2.45, 2.75) is 251 Å². The van der Waals surface area contributed by atoms with Crippen LogP contribution >= 0.6 is 0 Å². The fourth-order valence-corrected chi connectivity index (χ4v) is 7.52. The van der Waals surface area contributed by atoms with Gasteiger partial charge in [-0.1, -0.05) is 204 Å². The number of quaternary nitrogens is 1. The molecule has 2 atom stereocenters. The van der Waals surface area contributed by atoms with Gasteiger partial charge in [0.15, 0.2) is 12.4 Å². The summed E-state index contributed by atoms with van der Waals surface area (Å²) in [5.41, 5.74) is 0. The molecule has 0 N–H and O–H groups in total. The summed E-state index contributed by atoms with van der Waals surface area (Å²) in [6.45, 7) is 4.69. The molecule has 0 rings (SSSR count). The minimum Gasteiger partial charge on any atom is -0.545 e. The van der Waals surface area contributed by atoms with E-state index in [1.54, 1.807) is 0 Å². The molecule has 0 amide bonds. The Hall–Kier alpha value is -2.75. The molecule has 0 saturated heterocycles. The van der Waals surface area contributed by atoms with Crippen molar-refractivity contribution in [1.82, 2.24) is 0 Å². The fraction of sp³-hybridized carbons (Fsp3) is 0.807. The standard InChI is InChI=1S/C57H103NO8/c1-6-8-10-12-14-16-18-20-22-23-24-25-26-27-28-29-30-31-32-33-34-36-38-40-42-44-46-48-55(60)66-53(52-65-57(56(61)62)63-50-49-58(3,4)5)51-64-54(59)47-45-43-41-39-37-35-21-19-17-15-13-11-9-7-2/h13,15,18-21,23-24,53,57H,6-12,14,16-17,22,25-52H2,1-5H3/b15-13-,20-18-,21-19-,24-23-. The van der Waals surface area contributed by atoms with Crippen LogP contribution in [-0.4, -0.2) is 82.3 Å². The van der Waals surface area contributed by atoms with Crippen LogP contribution in [0.2, 0.25) is 0 Å². The maximum atomic E-state index is 12.8. The maximum absolute atomic E-state index is 12.8. The number of nitrogens with zero attached hydrogens (tertiary/aromatic N) is 1. The second-order valence-corrected chi connectivity index (χ2v) is 19.5. The molecular weight excluding hydrogens is 827 g/mol. The number of aliphatic carboxylic acids is 1. The van der Waals surface area contributed by atoms with Crippen molar-refractivity contribution in [3.05, 3.63) is 48.6 Å². The van der Waals surface area contributed by atoms with Crippen molar-refractivity contribution < 1.29 is 42.9 Å². The molecule has 0 aromatic carbocycles. The molecule has 0 saturated carbocycles. The van der Waals surface area contributed by atoms with Gasteiger partial charge in [-0.3, -0.25) is 9.59 Å². The van der Waals surface area contributed by atoms with Crippen LogP contribution < -0.4 is 5.11 Å². The molecule has 0 spiro atoms. The number of likely N-dealkylation sites (N-methyl/N-ethyl adjacent to an activating group) is 1. The average molecular weight is 930 g/mol. The molecular formula is C57H103NO8. The Labute approximate surface area is 406 Å². The minimum absolute atomic E-state index is 0.145. The van der Waals surface area contributed by atoms with Gasteiger partial charge in [0, 0.05) is 12.8 Å². The number of ether oxygens (including phenoxy) is 4. The number of unbranched alkanes of at least 4 members (excludes halogenated alkanes) is 27. The minimum atomic E-state index is -1.62. The highest BCUT2D eigenvalue weighted by atomic mass is 16.7. The number of carboxylic acid groups (broad SMARTS) is 1. The molecule has 0 aromatic rings. The summed E-state index contributed by atoms with van der Waals surface area (Å²) in [7, 11) is 5.91. The molecule has 0 radical (unpaired) electrons. The van der Waals surface area contributed by atoms with Gasteiger partial charge in [0.25, 0.3) is 0 Å². The van der Waals surface area contributed by atoms with Gasteiger partial charge in [-0.25, -0.2) is 0 Å². The quantitative estimate of drug-likeness (QED) is 0.0195. The molecule has 384 valence electrons. The van der Waals surface area contributed by atoms with E-state index in [-0.39, 0.29) is 38.6 Å². The molecule has 0 aliphatic rings. The van der Waals surface area contributed by atoms with Crippen LogP contribution in [0.3, 0.4) is 0 Å². The zero-order valence-electron chi connectivity index (χ0n) is 43.6. The Morgan fingerprint density at radius 1 is 0.455 bits per heavy atom. The molecule has 2 unspecified atom stereocenters. The zero-order chi connectivity index (χ0) is 48.4. The van der Waals surface area contributed by atoms with Crippen LogP contribution in [0.15, 0.2) is 48.6 Å². The third-order valence-corrected chi connectivity index (χ3v) is 11.8. The van der Waals surface area contributed by atoms with Crippen molar-refractivity contribution in [3.63, 3.8) is 0 Å². The van der Waals surface area contributed by atoms with Crippen LogP contribution in [0.1, 0.15) is 239 Å². The van der Waals surface area contributed by atoms with E-state index in [0.717, 1.165) is 70.6 Å². The van der Waals surface area contributed by atoms with Crippen LogP contribution in [0.4, 0.5) is 0 Å². The van der Waals surface area contributed by atoms with Gasteiger partial charge < -0.3 is 33.3 Å². The lowest BCUT2D eigenvalue weighted by atomic mass is 10.0. The summed E-state index contributed by atoms with van der Waals surface area (Å²) in [5, 5.41) is 11.7. The van der Waals surface area contributed by atoms with Gasteiger partial charge in [0.2, 0.25) is 0 Å². The number of allylic oxidation sites excluding steroid dienone is 8. The second-order valence-electron chi connectivity index (χ2n) is 19.5. The number of esters is 2. The Kier molecular flexibility index (Phi) is 46.7. The summed E-state index contributed by atoms with van der Waals surface area (Å²) in [4.78, 5) is 37.2. The fourth-order valence-electron chi connectivity index (χ4n) is 7.52. The normalized spacial score (nSPS) is 13.2. The van der Waals surface area contributed by atoms with Crippen molar-refractivity contribution in [3.8, 4) is 0 Å². The van der Waals surface area contributed by atoms with E-state index >= 15 is 0 Å². The van der Waals surface area contributed by atoms with Crippen molar-refractivity contribution >= 4 is 17.9 Å². The van der Waals surface area contributed by atoms with Gasteiger partial charge in [-0.2, -0.15) is 0 Å². The molecule has 0 fully saturated rings. The first-order chi connectivity index (χ1) is 32.1. The van der Waals surface area contributed by atoms with Crippen LogP contribution in [-0.2, 0) is 33.3 Å². The molecule has 66 heavy (non-hydrogen) atoms. The molecule has 9 heteroatoms. The average Bonchev–Trinajstić information content (AvgIpc) is 3.28. The van der Waals surface area contributed by atoms with Gasteiger partial charge in [0.05, 0.1) is 40.3 Å². The number of carboxylic acids is 1. The molecule has 0 heterocycles. The number of hydrogen-bond donors (Lipinski definition) is 0. The van der Waals surface area contributed by atoms with Gasteiger partial charge >= 0.3 is 11.9 Å². The van der Waals surface area contributed by atoms with E-state index < -0.39 is 24.3 Å². The monoisotopic (exact) mass is 930 g/mol. The summed E-state index contributed by atoms with van der Waals surface area (Å²) in [6.07, 6.45) is 55.8. The third kappa shape index (κ3) is 49.2. The van der Waals surface area contributed by atoms with Crippen LogP contribution in [0.25, 0.3) is 0 Å². The van der Waals surface area contributed by atoms with Crippen molar-refractivity contribution in [1.29, 1.82) is 0 Å². The van der Waals surface area contributed by atoms with Crippen molar-refractivity contribution in [2.24, 2.45) is 0 Å². The van der Waals surface area contributed by atoms with Gasteiger partial charge in [-0.15, -0.1) is 0 Å². The third-order valence-electron chi connectivity index (χ3n) is 11.8. The highest BCUT2D eigenvalue weighted by Gasteiger charge is 2.22. The lowest BCUT2D eigenvalue weighted by molar-refractivity contribution is -0.870. The van der Waals surface area contributed by atoms with E-state index in [9.17, 15) is 19.5 Å². The molecule has 0 bridgehead atoms. The van der Waals surface area contributed by atoms with E-state index in [2.05, 4.69) is 62.5 Å². The first-order valence-electron chi connectivity index (χ1n) is 27.3. The Morgan fingerprint density at radius 2 is 0.833 bits per heavy atom. The highest BCUT2D eigenvalue weighted by Crippen LogP contribution is 2.16. The smallest absolute Gasteiger partial charge is 0.306 e. The summed E-state index contributed by atoms with van der Waals surface area (Å²) in [6, 6.07) is 0. The lowest BCUT2D eigenvalue weighted by Crippen LogP contribution is -2.44. The number of carbonyl (C=O) groups excluding carboxylic acids is 3. The molecule has 9 nitrogen and oxygen atoms in total. The number of carbonyl (C=O) groups is 3. The van der Waals surface area contributed by atoms with Gasteiger partial charge in [0.1, 0.15) is 13.2 Å². The Bertz CT molecular complexity index is 1220. The van der Waals surface area contributed by atoms with Crippen molar-refractivity contribution in [2.75, 3.05) is 47.5 Å². The van der Waals surface area contributed by atoms with E-state index in [0.29, 0.717) is 17.4 Å². The van der Waals surface area contributed by atoms with E-state index in [1.807, 2.05) is 21.1 Å². The lowest BCUT2D eigenvalue weighted by Gasteiger charge is -2.26. The first-order valence-corrected chi connectivity index (χ1v) is 27.3.